The lowest BCUT2D eigenvalue weighted by atomic mass is 10.2. The van der Waals surface area contributed by atoms with E-state index in [2.05, 4.69) is 5.32 Å². The van der Waals surface area contributed by atoms with Crippen molar-refractivity contribution in [2.75, 3.05) is 5.32 Å². The smallest absolute Gasteiger partial charge is 0.265 e. The molecule has 0 aliphatic heterocycles. The van der Waals surface area contributed by atoms with Gasteiger partial charge in [-0.2, -0.15) is 5.26 Å². The topological polar surface area (TPSA) is 62.1 Å². The minimum absolute atomic E-state index is 0.0912. The molecule has 0 radical (unpaired) electrons. The maximum absolute atomic E-state index is 13.1. The number of nitrogens with one attached hydrogen (secondary N) is 1. The molecule has 0 spiro atoms. The van der Waals surface area contributed by atoms with Gasteiger partial charge in [0.15, 0.2) is 6.10 Å². The molecule has 23 heavy (non-hydrogen) atoms. The lowest BCUT2D eigenvalue weighted by Crippen LogP contribution is -2.30. The molecule has 0 fully saturated rings. The summed E-state index contributed by atoms with van der Waals surface area (Å²) in [6.07, 6.45) is -0.857. The highest BCUT2D eigenvalue weighted by atomic mass is 35.5. The lowest BCUT2D eigenvalue weighted by Gasteiger charge is -2.16. The van der Waals surface area contributed by atoms with Crippen LogP contribution < -0.4 is 10.1 Å². The second-order valence-corrected chi connectivity index (χ2v) is 5.45. The molecule has 0 saturated heterocycles. The first-order valence-corrected chi connectivity index (χ1v) is 7.28. The van der Waals surface area contributed by atoms with Crippen LogP contribution in [0.25, 0.3) is 0 Å². The number of halogens is 3. The van der Waals surface area contributed by atoms with Crippen molar-refractivity contribution in [1.29, 1.82) is 5.26 Å². The molecule has 0 unspecified atom stereocenters. The van der Waals surface area contributed by atoms with E-state index in [1.807, 2.05) is 6.07 Å². The van der Waals surface area contributed by atoms with Crippen molar-refractivity contribution in [3.63, 3.8) is 0 Å². The number of hydrogen-bond acceptors (Lipinski definition) is 3. The maximum atomic E-state index is 13.1. The number of carbonyl (C=O) groups excluding carboxylic acids is 1. The molecule has 0 aliphatic rings. The third kappa shape index (κ3) is 4.35. The molecule has 1 amide bonds. The van der Waals surface area contributed by atoms with Gasteiger partial charge in [-0.15, -0.1) is 0 Å². The lowest BCUT2D eigenvalue weighted by molar-refractivity contribution is -0.122. The van der Waals surface area contributed by atoms with Gasteiger partial charge in [-0.1, -0.05) is 23.2 Å². The molecule has 0 bridgehead atoms. The van der Waals surface area contributed by atoms with Gasteiger partial charge >= 0.3 is 0 Å². The minimum Gasteiger partial charge on any atom is -0.479 e. The van der Waals surface area contributed by atoms with Crippen molar-refractivity contribution >= 4 is 34.8 Å². The van der Waals surface area contributed by atoms with Crippen LogP contribution in [0.4, 0.5) is 10.1 Å². The fraction of sp³-hybridized carbons (Fsp3) is 0.125. The summed E-state index contributed by atoms with van der Waals surface area (Å²) in [4.78, 5) is 12.1. The van der Waals surface area contributed by atoms with Crippen molar-refractivity contribution in [1.82, 2.24) is 0 Å². The van der Waals surface area contributed by atoms with Gasteiger partial charge in [0, 0.05) is 5.69 Å². The minimum atomic E-state index is -0.857. The van der Waals surface area contributed by atoms with Crippen molar-refractivity contribution in [2.24, 2.45) is 0 Å². The number of anilines is 1. The van der Waals surface area contributed by atoms with Gasteiger partial charge < -0.3 is 10.1 Å². The van der Waals surface area contributed by atoms with Crippen molar-refractivity contribution < 1.29 is 13.9 Å². The van der Waals surface area contributed by atoms with Crippen molar-refractivity contribution in [2.45, 2.75) is 13.0 Å². The van der Waals surface area contributed by atoms with Crippen LogP contribution in [0.2, 0.25) is 10.0 Å². The standard InChI is InChI=1S/C16H11Cl2FN2O2/c1-9(23-15-5-2-10(8-20)6-13(15)18)16(22)21-11-3-4-14(19)12(17)7-11/h2-7,9H,1H3,(H,21,22)/t9-/m1/s1. The Morgan fingerprint density at radius 2 is 2.00 bits per heavy atom. The molecule has 0 heterocycles. The SMILES string of the molecule is C[C@@H](Oc1ccc(C#N)cc1Cl)C(=O)Nc1ccc(F)c(Cl)c1. The summed E-state index contributed by atoms with van der Waals surface area (Å²) < 4.78 is 18.6. The highest BCUT2D eigenvalue weighted by Gasteiger charge is 2.17. The fourth-order valence-electron chi connectivity index (χ4n) is 1.73. The number of carbonyl (C=O) groups is 1. The normalized spacial score (nSPS) is 11.4. The Balaban J connectivity index is 2.05. The first kappa shape index (κ1) is 17.1. The predicted molar refractivity (Wildman–Crippen MR) is 86.3 cm³/mol. The first-order chi connectivity index (χ1) is 10.9. The molecule has 4 nitrogen and oxygen atoms in total. The maximum Gasteiger partial charge on any atom is 0.265 e. The van der Waals surface area contributed by atoms with Crippen LogP contribution >= 0.6 is 23.2 Å². The molecule has 0 aromatic heterocycles. The van der Waals surface area contributed by atoms with E-state index in [1.54, 1.807) is 0 Å². The summed E-state index contributed by atoms with van der Waals surface area (Å²) >= 11 is 11.6. The molecular formula is C16H11Cl2FN2O2. The zero-order valence-corrected chi connectivity index (χ0v) is 13.5. The Morgan fingerprint density at radius 3 is 2.61 bits per heavy atom. The number of hydrogen-bond donors (Lipinski definition) is 1. The number of rotatable bonds is 4. The van der Waals surface area contributed by atoms with Gasteiger partial charge in [0.2, 0.25) is 0 Å². The molecule has 0 saturated carbocycles. The quantitative estimate of drug-likeness (QED) is 0.886. The van der Waals surface area contributed by atoms with Crippen LogP contribution in [0, 0.1) is 17.1 Å². The number of benzene rings is 2. The molecule has 2 rings (SSSR count). The number of amides is 1. The van der Waals surface area contributed by atoms with Crippen LogP contribution in [-0.2, 0) is 4.79 Å². The summed E-state index contributed by atoms with van der Waals surface area (Å²) in [5.41, 5.74) is 0.739. The molecule has 2 aromatic carbocycles. The van der Waals surface area contributed by atoms with Gasteiger partial charge in [-0.05, 0) is 43.3 Å². The Labute approximate surface area is 142 Å². The second kappa shape index (κ2) is 7.32. The van der Waals surface area contributed by atoms with E-state index in [9.17, 15) is 9.18 Å². The second-order valence-electron chi connectivity index (χ2n) is 4.64. The number of ether oxygens (including phenoxy) is 1. The van der Waals surface area contributed by atoms with E-state index >= 15 is 0 Å². The van der Waals surface area contributed by atoms with E-state index in [0.29, 0.717) is 11.3 Å². The highest BCUT2D eigenvalue weighted by Crippen LogP contribution is 2.26. The average molecular weight is 353 g/mol. The van der Waals surface area contributed by atoms with Crippen LogP contribution in [0.1, 0.15) is 12.5 Å². The zero-order chi connectivity index (χ0) is 17.0. The molecule has 1 N–H and O–H groups in total. The summed E-state index contributed by atoms with van der Waals surface area (Å²) in [7, 11) is 0. The highest BCUT2D eigenvalue weighted by molar-refractivity contribution is 6.32. The van der Waals surface area contributed by atoms with Crippen LogP contribution in [0.5, 0.6) is 5.75 Å². The van der Waals surface area contributed by atoms with E-state index in [1.165, 1.54) is 37.3 Å². The zero-order valence-electron chi connectivity index (χ0n) is 11.9. The Morgan fingerprint density at radius 1 is 1.26 bits per heavy atom. The Hall–Kier alpha value is -2.29. The molecule has 0 aliphatic carbocycles. The third-order valence-electron chi connectivity index (χ3n) is 2.92. The van der Waals surface area contributed by atoms with Crippen LogP contribution in [-0.4, -0.2) is 12.0 Å². The van der Waals surface area contributed by atoms with Gasteiger partial charge in [0.1, 0.15) is 11.6 Å². The summed E-state index contributed by atoms with van der Waals surface area (Å²) in [5, 5.41) is 11.5. The first-order valence-electron chi connectivity index (χ1n) is 6.53. The molecular weight excluding hydrogens is 342 g/mol. The van der Waals surface area contributed by atoms with E-state index in [0.717, 1.165) is 6.07 Å². The number of nitrogens with zero attached hydrogens (tertiary/aromatic N) is 1. The average Bonchev–Trinajstić information content (AvgIpc) is 2.52. The van der Waals surface area contributed by atoms with Crippen LogP contribution in [0.3, 0.4) is 0 Å². The molecule has 1 atom stereocenters. The van der Waals surface area contributed by atoms with Gasteiger partial charge in [-0.3, -0.25) is 4.79 Å². The van der Waals surface area contributed by atoms with Gasteiger partial charge in [0.05, 0.1) is 21.7 Å². The summed E-state index contributed by atoms with van der Waals surface area (Å²) in [5.74, 6) is -0.739. The predicted octanol–water partition coefficient (Wildman–Crippen LogP) is 4.41. The van der Waals surface area contributed by atoms with E-state index < -0.39 is 17.8 Å². The monoisotopic (exact) mass is 352 g/mol. The third-order valence-corrected chi connectivity index (χ3v) is 3.51. The largest absolute Gasteiger partial charge is 0.479 e. The summed E-state index contributed by atoms with van der Waals surface area (Å²) in [6.45, 7) is 1.54. The Bertz CT molecular complexity index is 790. The van der Waals surface area contributed by atoms with Crippen LogP contribution in [0.15, 0.2) is 36.4 Å². The molecule has 118 valence electrons. The van der Waals surface area contributed by atoms with Crippen molar-refractivity contribution in [3.05, 3.63) is 57.8 Å². The molecule has 2 aromatic rings. The van der Waals surface area contributed by atoms with Gasteiger partial charge in [0.25, 0.3) is 5.91 Å². The van der Waals surface area contributed by atoms with Gasteiger partial charge in [-0.25, -0.2) is 4.39 Å². The number of nitriles is 1. The fourth-order valence-corrected chi connectivity index (χ4v) is 2.13. The summed E-state index contributed by atoms with van der Waals surface area (Å²) in [6, 6.07) is 10.3. The van der Waals surface area contributed by atoms with E-state index in [4.69, 9.17) is 33.2 Å². The Kier molecular flexibility index (Phi) is 5.43. The van der Waals surface area contributed by atoms with E-state index in [-0.39, 0.29) is 15.8 Å². The van der Waals surface area contributed by atoms with Crippen molar-refractivity contribution in [3.8, 4) is 11.8 Å². The molecule has 7 heteroatoms.